The summed E-state index contributed by atoms with van der Waals surface area (Å²) in [6.45, 7) is 0. The van der Waals surface area contributed by atoms with Gasteiger partial charge in [0.05, 0.1) is 11.0 Å². The third-order valence-electron chi connectivity index (χ3n) is 13.2. The van der Waals surface area contributed by atoms with E-state index >= 15 is 0 Å². The van der Waals surface area contributed by atoms with E-state index in [9.17, 15) is 0 Å². The van der Waals surface area contributed by atoms with Gasteiger partial charge in [0, 0.05) is 33.9 Å². The molecule has 0 fully saturated rings. The van der Waals surface area contributed by atoms with Crippen LogP contribution in [0.25, 0.3) is 77.5 Å². The fourth-order valence-electron chi connectivity index (χ4n) is 10.4. The predicted octanol–water partition coefficient (Wildman–Crippen LogP) is 16.0. The van der Waals surface area contributed by atoms with E-state index in [1.54, 1.807) is 0 Å². The Labute approximate surface area is 369 Å². The number of para-hydroxylation sites is 2. The first-order chi connectivity index (χ1) is 31.7. The van der Waals surface area contributed by atoms with Crippen LogP contribution >= 0.6 is 0 Å². The molecule has 0 saturated heterocycles. The highest BCUT2D eigenvalue weighted by Crippen LogP contribution is 2.57. The molecule has 4 heteroatoms. The van der Waals surface area contributed by atoms with E-state index in [2.05, 4.69) is 211 Å². The number of fused-ring (bicyclic) bond motifs is 8. The Morgan fingerprint density at radius 3 is 1.78 bits per heavy atom. The minimum absolute atomic E-state index is 0.543. The molecule has 300 valence electrons. The topological polar surface area (TPSA) is 42.4 Å². The quantitative estimate of drug-likeness (QED) is 0.161. The summed E-state index contributed by atoms with van der Waals surface area (Å²) in [7, 11) is 0. The lowest BCUT2D eigenvalue weighted by molar-refractivity contribution is 0.621. The van der Waals surface area contributed by atoms with Crippen LogP contribution in [0.3, 0.4) is 0 Å². The first-order valence-corrected chi connectivity index (χ1v) is 21.8. The van der Waals surface area contributed by atoms with E-state index in [4.69, 9.17) is 13.8 Å². The second kappa shape index (κ2) is 14.3. The van der Waals surface area contributed by atoms with Crippen LogP contribution in [0.4, 0.5) is 17.1 Å². The maximum atomic E-state index is 6.91. The first kappa shape index (κ1) is 36.2. The van der Waals surface area contributed by atoms with Gasteiger partial charge in [-0.05, 0) is 110 Å². The number of anilines is 3. The van der Waals surface area contributed by atoms with Gasteiger partial charge in [-0.2, -0.15) is 0 Å². The smallest absolute Gasteiger partial charge is 0.228 e. The van der Waals surface area contributed by atoms with Crippen LogP contribution in [0.15, 0.2) is 239 Å². The number of oxazole rings is 1. The monoisotopic (exact) mass is 818 g/mol. The summed E-state index contributed by atoms with van der Waals surface area (Å²) in [5.41, 5.74) is 16.4. The minimum atomic E-state index is -0.543. The minimum Gasteiger partial charge on any atom is -0.456 e. The molecular formula is C60H38N2O2. The van der Waals surface area contributed by atoms with Crippen LogP contribution in [-0.2, 0) is 5.41 Å². The molecular weight excluding hydrogens is 781 g/mol. The lowest BCUT2D eigenvalue weighted by Crippen LogP contribution is -2.28. The summed E-state index contributed by atoms with van der Waals surface area (Å²) in [6.07, 6.45) is 0. The van der Waals surface area contributed by atoms with Crippen molar-refractivity contribution in [1.82, 2.24) is 4.98 Å². The molecule has 2 aromatic heterocycles. The van der Waals surface area contributed by atoms with Crippen molar-refractivity contribution in [2.45, 2.75) is 5.41 Å². The van der Waals surface area contributed by atoms with E-state index in [-0.39, 0.29) is 0 Å². The molecule has 1 aliphatic carbocycles. The molecule has 1 aliphatic rings. The zero-order chi connectivity index (χ0) is 42.2. The fourth-order valence-corrected chi connectivity index (χ4v) is 10.4. The molecule has 13 rings (SSSR count). The average Bonchev–Trinajstić information content (AvgIpc) is 4.05. The van der Waals surface area contributed by atoms with Gasteiger partial charge >= 0.3 is 0 Å². The molecule has 0 amide bonds. The molecule has 2 heterocycles. The maximum Gasteiger partial charge on any atom is 0.228 e. The Morgan fingerprint density at radius 1 is 0.391 bits per heavy atom. The number of benzene rings is 10. The van der Waals surface area contributed by atoms with Crippen molar-refractivity contribution in [1.29, 1.82) is 0 Å². The number of aromatic nitrogens is 1. The first-order valence-electron chi connectivity index (χ1n) is 21.8. The molecule has 64 heavy (non-hydrogen) atoms. The molecule has 0 atom stereocenters. The van der Waals surface area contributed by atoms with Crippen molar-refractivity contribution in [3.8, 4) is 33.7 Å². The van der Waals surface area contributed by atoms with Gasteiger partial charge in [0.2, 0.25) is 5.89 Å². The van der Waals surface area contributed by atoms with Crippen LogP contribution in [-0.4, -0.2) is 4.98 Å². The van der Waals surface area contributed by atoms with Crippen molar-refractivity contribution < 1.29 is 8.83 Å². The van der Waals surface area contributed by atoms with Gasteiger partial charge in [0.1, 0.15) is 16.7 Å². The molecule has 0 aliphatic heterocycles. The van der Waals surface area contributed by atoms with Crippen LogP contribution in [0.2, 0.25) is 0 Å². The average molecular weight is 819 g/mol. The molecule has 0 radical (unpaired) electrons. The Kier molecular flexibility index (Phi) is 8.09. The number of hydrogen-bond acceptors (Lipinski definition) is 4. The summed E-state index contributed by atoms with van der Waals surface area (Å²) in [5, 5.41) is 4.10. The van der Waals surface area contributed by atoms with Gasteiger partial charge in [-0.15, -0.1) is 0 Å². The highest BCUT2D eigenvalue weighted by molar-refractivity contribution is 6.20. The van der Waals surface area contributed by atoms with Crippen molar-refractivity contribution in [2.24, 2.45) is 0 Å². The van der Waals surface area contributed by atoms with Gasteiger partial charge in [0.25, 0.3) is 0 Å². The van der Waals surface area contributed by atoms with Gasteiger partial charge in [-0.1, -0.05) is 170 Å². The van der Waals surface area contributed by atoms with Crippen molar-refractivity contribution in [3.63, 3.8) is 0 Å². The summed E-state index contributed by atoms with van der Waals surface area (Å²) >= 11 is 0. The van der Waals surface area contributed by atoms with Crippen LogP contribution < -0.4 is 4.90 Å². The molecule has 0 N–H and O–H groups in total. The molecule has 4 nitrogen and oxygen atoms in total. The Hall–Kier alpha value is -8.47. The highest BCUT2D eigenvalue weighted by atomic mass is 16.3. The molecule has 0 spiro atoms. The fraction of sp³-hybridized carbons (Fsp3) is 0.0167. The number of rotatable bonds is 7. The lowest BCUT2D eigenvalue weighted by atomic mass is 9.67. The van der Waals surface area contributed by atoms with E-state index in [1.165, 1.54) is 38.9 Å². The number of furan rings is 1. The highest BCUT2D eigenvalue weighted by Gasteiger charge is 2.46. The van der Waals surface area contributed by atoms with E-state index in [1.807, 2.05) is 24.3 Å². The van der Waals surface area contributed by atoms with Crippen molar-refractivity contribution in [2.75, 3.05) is 4.90 Å². The van der Waals surface area contributed by atoms with Crippen LogP contribution in [0.1, 0.15) is 22.3 Å². The Morgan fingerprint density at radius 2 is 1.00 bits per heavy atom. The Bertz CT molecular complexity index is 3650. The summed E-state index contributed by atoms with van der Waals surface area (Å²) in [5.74, 6) is 0.578. The second-order valence-electron chi connectivity index (χ2n) is 16.6. The van der Waals surface area contributed by atoms with Crippen molar-refractivity contribution in [3.05, 3.63) is 253 Å². The van der Waals surface area contributed by atoms with Gasteiger partial charge in [-0.25, -0.2) is 4.98 Å². The standard InChI is InChI=1S/C60H38N2O2/c1-4-16-39(17-5-1)40-28-30-44(31-29-40)62(45-32-34-49-48-24-12-13-25-51(48)60(52(49)37-45,42-19-6-2-7-20-42)43-21-8-3-9-22-43)46-33-35-50-55(38-46)63-56-36-41-18-10-11-23-47(41)58(57(50)56)59-61-53-26-14-15-27-54(53)64-59/h1-38H. The van der Waals surface area contributed by atoms with Gasteiger partial charge < -0.3 is 13.7 Å². The molecule has 10 aromatic carbocycles. The van der Waals surface area contributed by atoms with Crippen LogP contribution in [0.5, 0.6) is 0 Å². The number of hydrogen-bond donors (Lipinski definition) is 0. The maximum absolute atomic E-state index is 6.91. The summed E-state index contributed by atoms with van der Waals surface area (Å²) < 4.78 is 13.4. The summed E-state index contributed by atoms with van der Waals surface area (Å²) in [4.78, 5) is 7.37. The summed E-state index contributed by atoms with van der Waals surface area (Å²) in [6, 6.07) is 82.4. The number of nitrogens with zero attached hydrogens (tertiary/aromatic N) is 2. The molecule has 0 bridgehead atoms. The zero-order valence-corrected chi connectivity index (χ0v) is 34.7. The SMILES string of the molecule is c1ccc(-c2ccc(N(c3ccc4c(c3)C(c3ccccc3)(c3ccccc3)c3ccccc3-4)c3ccc4c(c3)oc3cc5ccccc5c(-c5nc6ccccc6o5)c34)cc2)cc1. The normalized spacial score (nSPS) is 12.8. The zero-order valence-electron chi connectivity index (χ0n) is 34.7. The largest absolute Gasteiger partial charge is 0.456 e. The van der Waals surface area contributed by atoms with Crippen LogP contribution in [0, 0.1) is 0 Å². The Balaban J connectivity index is 1.05. The van der Waals surface area contributed by atoms with E-state index in [0.717, 1.165) is 72.0 Å². The van der Waals surface area contributed by atoms with Gasteiger partial charge in [-0.3, -0.25) is 0 Å². The predicted molar refractivity (Wildman–Crippen MR) is 262 cm³/mol. The van der Waals surface area contributed by atoms with E-state index in [0.29, 0.717) is 5.89 Å². The third-order valence-corrected chi connectivity index (χ3v) is 13.2. The van der Waals surface area contributed by atoms with Gasteiger partial charge in [0.15, 0.2) is 5.58 Å². The molecule has 12 aromatic rings. The van der Waals surface area contributed by atoms with Crippen molar-refractivity contribution >= 4 is 60.9 Å². The second-order valence-corrected chi connectivity index (χ2v) is 16.6. The van der Waals surface area contributed by atoms with E-state index < -0.39 is 5.41 Å². The lowest BCUT2D eigenvalue weighted by Gasteiger charge is -2.35. The third kappa shape index (κ3) is 5.46. The molecule has 0 unspecified atom stereocenters. The molecule has 0 saturated carbocycles.